The largest absolute Gasteiger partial charge is 0.466 e. The number of hydrogen-bond acceptors (Lipinski definition) is 6. The Hall–Kier alpha value is -2.77. The van der Waals surface area contributed by atoms with Crippen molar-refractivity contribution in [3.8, 4) is 0 Å². The topological polar surface area (TPSA) is 87.8 Å². The van der Waals surface area contributed by atoms with E-state index in [1.807, 2.05) is 39.0 Å². The van der Waals surface area contributed by atoms with Crippen LogP contribution in [-0.2, 0) is 20.7 Å². The molecule has 2 aromatic rings. The number of rotatable bonds is 4. The lowest BCUT2D eigenvalue weighted by molar-refractivity contribution is -0.142. The van der Waals surface area contributed by atoms with Crippen molar-refractivity contribution in [2.75, 3.05) is 37.7 Å². The van der Waals surface area contributed by atoms with E-state index in [9.17, 15) is 9.59 Å². The smallest absolute Gasteiger partial charge is 0.410 e. The van der Waals surface area contributed by atoms with E-state index < -0.39 is 5.60 Å². The maximum absolute atomic E-state index is 12.2. The number of nitrogens with one attached hydrogen (secondary N) is 1. The zero-order chi connectivity index (χ0) is 20.3. The number of aromatic nitrogens is 2. The van der Waals surface area contributed by atoms with Crippen molar-refractivity contribution in [1.29, 1.82) is 0 Å². The molecule has 3 rings (SSSR count). The highest BCUT2D eigenvalue weighted by atomic mass is 16.6. The molecule has 1 aromatic carbocycles. The van der Waals surface area contributed by atoms with Gasteiger partial charge in [0.05, 0.1) is 17.6 Å². The Labute approximate surface area is 164 Å². The minimum atomic E-state index is -0.485. The molecule has 8 nitrogen and oxygen atoms in total. The summed E-state index contributed by atoms with van der Waals surface area (Å²) in [5.74, 6) is 0.306. The number of esters is 1. The van der Waals surface area contributed by atoms with Crippen LogP contribution in [0.15, 0.2) is 18.2 Å². The van der Waals surface area contributed by atoms with Crippen LogP contribution in [0.3, 0.4) is 0 Å². The number of imidazole rings is 1. The van der Waals surface area contributed by atoms with Crippen molar-refractivity contribution in [3.05, 3.63) is 24.0 Å². The Morgan fingerprint density at radius 3 is 2.54 bits per heavy atom. The number of nitrogens with zero attached hydrogens (tertiary/aromatic N) is 3. The van der Waals surface area contributed by atoms with Gasteiger partial charge in [-0.15, -0.1) is 0 Å². The van der Waals surface area contributed by atoms with Crippen molar-refractivity contribution >= 4 is 28.8 Å². The Morgan fingerprint density at radius 2 is 1.89 bits per heavy atom. The number of piperazine rings is 1. The minimum absolute atomic E-state index is 0.131. The van der Waals surface area contributed by atoms with Gasteiger partial charge in [-0.1, -0.05) is 0 Å². The molecule has 8 heteroatoms. The van der Waals surface area contributed by atoms with Gasteiger partial charge in [-0.25, -0.2) is 9.78 Å². The molecular formula is C20H28N4O4. The van der Waals surface area contributed by atoms with Crippen molar-refractivity contribution in [1.82, 2.24) is 14.9 Å². The number of amides is 1. The standard InChI is InChI=1S/C20H28N4O4/c1-5-27-18(25)13-17-21-15-7-6-14(12-16(15)22-17)23-8-10-24(11-9-23)19(26)28-20(2,3)4/h6-7,12H,5,8-11,13H2,1-4H3,(H,21,22). The second-order valence-electron chi connectivity index (χ2n) is 7.82. The number of benzene rings is 1. The Balaban J connectivity index is 1.63. The fraction of sp³-hybridized carbons (Fsp3) is 0.550. The van der Waals surface area contributed by atoms with E-state index >= 15 is 0 Å². The van der Waals surface area contributed by atoms with Gasteiger partial charge in [0, 0.05) is 31.9 Å². The van der Waals surface area contributed by atoms with E-state index in [1.54, 1.807) is 11.8 Å². The number of H-pyrrole nitrogens is 1. The summed E-state index contributed by atoms with van der Waals surface area (Å²) in [5.41, 5.74) is 2.27. The van der Waals surface area contributed by atoms with E-state index in [0.29, 0.717) is 25.5 Å². The molecule has 1 aliphatic rings. The van der Waals surface area contributed by atoms with Crippen LogP contribution in [0.2, 0.25) is 0 Å². The van der Waals surface area contributed by atoms with Gasteiger partial charge in [0.15, 0.2) is 0 Å². The van der Waals surface area contributed by atoms with Crippen LogP contribution in [0.1, 0.15) is 33.5 Å². The molecule has 1 amide bonds. The predicted molar refractivity (Wildman–Crippen MR) is 106 cm³/mol. The van der Waals surface area contributed by atoms with Crippen LogP contribution in [-0.4, -0.2) is 65.3 Å². The number of fused-ring (bicyclic) bond motifs is 1. The molecular weight excluding hydrogens is 360 g/mol. The summed E-state index contributed by atoms with van der Waals surface area (Å²) in [4.78, 5) is 35.5. The van der Waals surface area contributed by atoms with Gasteiger partial charge in [0.25, 0.3) is 0 Å². The maximum Gasteiger partial charge on any atom is 0.410 e. The van der Waals surface area contributed by atoms with Gasteiger partial charge in [0.1, 0.15) is 17.8 Å². The summed E-state index contributed by atoms with van der Waals surface area (Å²) in [6.45, 7) is 10.5. The minimum Gasteiger partial charge on any atom is -0.466 e. The van der Waals surface area contributed by atoms with Crippen LogP contribution in [0.4, 0.5) is 10.5 Å². The number of ether oxygens (including phenoxy) is 2. The van der Waals surface area contributed by atoms with Crippen molar-refractivity contribution < 1.29 is 19.1 Å². The Morgan fingerprint density at radius 1 is 1.18 bits per heavy atom. The molecule has 2 heterocycles. The molecule has 0 spiro atoms. The molecule has 0 unspecified atom stereocenters. The number of aromatic amines is 1. The molecule has 1 saturated heterocycles. The first-order chi connectivity index (χ1) is 13.2. The predicted octanol–water partition coefficient (Wildman–Crippen LogP) is 2.73. The average Bonchev–Trinajstić information content (AvgIpc) is 3.01. The molecule has 0 radical (unpaired) electrons. The monoisotopic (exact) mass is 388 g/mol. The third-order valence-electron chi connectivity index (χ3n) is 4.43. The maximum atomic E-state index is 12.2. The first-order valence-corrected chi connectivity index (χ1v) is 9.62. The van der Waals surface area contributed by atoms with Crippen LogP contribution < -0.4 is 4.90 Å². The average molecular weight is 388 g/mol. The van der Waals surface area contributed by atoms with Crippen LogP contribution in [0, 0.1) is 0 Å². The van der Waals surface area contributed by atoms with E-state index in [1.165, 1.54) is 0 Å². The molecule has 1 aliphatic heterocycles. The van der Waals surface area contributed by atoms with E-state index in [4.69, 9.17) is 9.47 Å². The van der Waals surface area contributed by atoms with Crippen molar-refractivity contribution in [2.24, 2.45) is 0 Å². The first-order valence-electron chi connectivity index (χ1n) is 9.62. The summed E-state index contributed by atoms with van der Waals surface area (Å²) in [7, 11) is 0. The molecule has 0 bridgehead atoms. The molecule has 0 aliphatic carbocycles. The fourth-order valence-electron chi connectivity index (χ4n) is 3.15. The number of hydrogen-bond donors (Lipinski definition) is 1. The van der Waals surface area contributed by atoms with E-state index in [0.717, 1.165) is 29.8 Å². The van der Waals surface area contributed by atoms with Gasteiger partial charge in [0.2, 0.25) is 0 Å². The third kappa shape index (κ3) is 4.94. The highest BCUT2D eigenvalue weighted by Crippen LogP contribution is 2.23. The van der Waals surface area contributed by atoms with Crippen LogP contribution in [0.25, 0.3) is 11.0 Å². The van der Waals surface area contributed by atoms with Crippen molar-refractivity contribution in [2.45, 2.75) is 39.7 Å². The summed E-state index contributed by atoms with van der Waals surface area (Å²) in [5, 5.41) is 0. The number of carbonyl (C=O) groups excluding carboxylic acids is 2. The van der Waals surface area contributed by atoms with Crippen LogP contribution >= 0.6 is 0 Å². The van der Waals surface area contributed by atoms with Gasteiger partial charge >= 0.3 is 12.1 Å². The highest BCUT2D eigenvalue weighted by molar-refractivity contribution is 5.81. The van der Waals surface area contributed by atoms with E-state index in [-0.39, 0.29) is 18.5 Å². The third-order valence-corrected chi connectivity index (χ3v) is 4.43. The Kier molecular flexibility index (Phi) is 5.76. The summed E-state index contributed by atoms with van der Waals surface area (Å²) in [6.07, 6.45) is -0.133. The molecule has 1 N–H and O–H groups in total. The highest BCUT2D eigenvalue weighted by Gasteiger charge is 2.26. The zero-order valence-corrected chi connectivity index (χ0v) is 16.9. The second kappa shape index (κ2) is 8.08. The lowest BCUT2D eigenvalue weighted by Gasteiger charge is -2.36. The molecule has 1 fully saturated rings. The second-order valence-corrected chi connectivity index (χ2v) is 7.82. The molecule has 0 atom stereocenters. The molecule has 1 aromatic heterocycles. The fourth-order valence-corrected chi connectivity index (χ4v) is 3.15. The van der Waals surface area contributed by atoms with Crippen molar-refractivity contribution in [3.63, 3.8) is 0 Å². The van der Waals surface area contributed by atoms with Gasteiger partial charge < -0.3 is 24.3 Å². The van der Waals surface area contributed by atoms with Gasteiger partial charge in [-0.2, -0.15) is 0 Å². The summed E-state index contributed by atoms with van der Waals surface area (Å²) in [6, 6.07) is 5.98. The molecule has 28 heavy (non-hydrogen) atoms. The Bertz CT molecular complexity index is 847. The lowest BCUT2D eigenvalue weighted by atomic mass is 10.2. The normalized spacial score (nSPS) is 15.0. The lowest BCUT2D eigenvalue weighted by Crippen LogP contribution is -2.50. The zero-order valence-electron chi connectivity index (χ0n) is 16.9. The summed E-state index contributed by atoms with van der Waals surface area (Å²) >= 11 is 0. The quantitative estimate of drug-likeness (QED) is 0.811. The number of anilines is 1. The van der Waals surface area contributed by atoms with Gasteiger partial charge in [-0.3, -0.25) is 4.79 Å². The summed E-state index contributed by atoms with van der Waals surface area (Å²) < 4.78 is 10.4. The van der Waals surface area contributed by atoms with E-state index in [2.05, 4.69) is 14.9 Å². The molecule has 152 valence electrons. The van der Waals surface area contributed by atoms with Gasteiger partial charge in [-0.05, 0) is 45.9 Å². The SMILES string of the molecule is CCOC(=O)Cc1nc2ccc(N3CCN(C(=O)OC(C)(C)C)CC3)cc2[nH]1. The van der Waals surface area contributed by atoms with Crippen LogP contribution in [0.5, 0.6) is 0 Å². The molecule has 0 saturated carbocycles. The first kappa shape index (κ1) is 20.0. The number of carbonyl (C=O) groups is 2.